The summed E-state index contributed by atoms with van der Waals surface area (Å²) in [6.07, 6.45) is 2.75. The molecule has 26 heavy (non-hydrogen) atoms. The van der Waals surface area contributed by atoms with E-state index in [4.69, 9.17) is 11.6 Å². The highest BCUT2D eigenvalue weighted by Gasteiger charge is 2.35. The summed E-state index contributed by atoms with van der Waals surface area (Å²) in [6.45, 7) is 4.09. The van der Waals surface area contributed by atoms with Crippen molar-refractivity contribution in [2.24, 2.45) is 5.41 Å². The number of anilines is 1. The summed E-state index contributed by atoms with van der Waals surface area (Å²) in [7, 11) is 0. The summed E-state index contributed by atoms with van der Waals surface area (Å²) in [5, 5.41) is 3.90. The molecule has 132 valence electrons. The van der Waals surface area contributed by atoms with Crippen LogP contribution in [0, 0.1) is 5.41 Å². The maximum absolute atomic E-state index is 12.7. The van der Waals surface area contributed by atoms with Gasteiger partial charge in [0.05, 0.1) is 11.1 Å². The zero-order valence-corrected chi connectivity index (χ0v) is 15.1. The van der Waals surface area contributed by atoms with Crippen molar-refractivity contribution in [3.63, 3.8) is 0 Å². The van der Waals surface area contributed by atoms with Gasteiger partial charge in [0, 0.05) is 23.7 Å². The zero-order valence-electron chi connectivity index (χ0n) is 14.4. The molecule has 2 N–H and O–H groups in total. The number of carbonyl (C=O) groups is 2. The second kappa shape index (κ2) is 5.92. The highest BCUT2D eigenvalue weighted by molar-refractivity contribution is 6.29. The molecule has 0 radical (unpaired) electrons. The van der Waals surface area contributed by atoms with Gasteiger partial charge in [0.15, 0.2) is 11.4 Å². The minimum absolute atomic E-state index is 0.0115. The van der Waals surface area contributed by atoms with Gasteiger partial charge in [-0.25, -0.2) is 9.97 Å². The first-order chi connectivity index (χ1) is 12.3. The molecule has 0 aromatic carbocycles. The molecule has 6 nitrogen and oxygen atoms in total. The molecule has 0 spiro atoms. The Balaban J connectivity index is 1.64. The van der Waals surface area contributed by atoms with Crippen molar-refractivity contribution in [1.29, 1.82) is 0 Å². The van der Waals surface area contributed by atoms with Crippen LogP contribution in [-0.2, 0) is 6.42 Å². The SMILES string of the molecule is CC1(C)CC(=O)c2c(C(=O)Nc3ccc4ccc(Cl)nc4n3)c[nH]c2C1. The van der Waals surface area contributed by atoms with E-state index in [9.17, 15) is 9.59 Å². The standard InChI is InChI=1S/C19H17ClN4O2/c1-19(2)7-12-16(13(25)8-19)11(9-21-12)18(26)24-15-6-4-10-3-5-14(20)22-17(10)23-15/h3-6,9,21H,7-8H2,1-2H3,(H,22,23,24,26). The van der Waals surface area contributed by atoms with Gasteiger partial charge in [-0.2, -0.15) is 0 Å². The van der Waals surface area contributed by atoms with E-state index in [0.717, 1.165) is 17.5 Å². The second-order valence-electron chi connectivity index (χ2n) is 7.33. The van der Waals surface area contributed by atoms with Crippen molar-refractivity contribution < 1.29 is 9.59 Å². The number of aromatic nitrogens is 3. The lowest BCUT2D eigenvalue weighted by molar-refractivity contribution is 0.0902. The van der Waals surface area contributed by atoms with Crippen molar-refractivity contribution in [2.75, 3.05) is 5.32 Å². The average molecular weight is 369 g/mol. The third kappa shape index (κ3) is 2.97. The first kappa shape index (κ1) is 16.7. The number of hydrogen-bond acceptors (Lipinski definition) is 4. The van der Waals surface area contributed by atoms with Crippen LogP contribution in [0.1, 0.15) is 46.7 Å². The van der Waals surface area contributed by atoms with E-state index in [1.165, 1.54) is 0 Å². The van der Waals surface area contributed by atoms with E-state index in [0.29, 0.717) is 34.2 Å². The molecule has 0 bridgehead atoms. The van der Waals surface area contributed by atoms with Crippen LogP contribution in [-0.4, -0.2) is 26.6 Å². The molecule has 0 fully saturated rings. The largest absolute Gasteiger partial charge is 0.364 e. The summed E-state index contributed by atoms with van der Waals surface area (Å²) in [5.41, 5.74) is 2.00. The van der Waals surface area contributed by atoms with Crippen molar-refractivity contribution in [1.82, 2.24) is 15.0 Å². The fourth-order valence-corrected chi connectivity index (χ4v) is 3.54. The van der Waals surface area contributed by atoms with Gasteiger partial charge in [-0.3, -0.25) is 9.59 Å². The van der Waals surface area contributed by atoms with E-state index in [1.807, 2.05) is 26.0 Å². The fraction of sp³-hybridized carbons (Fsp3) is 0.263. The van der Waals surface area contributed by atoms with Crippen LogP contribution in [0.5, 0.6) is 0 Å². The van der Waals surface area contributed by atoms with E-state index < -0.39 is 0 Å². The van der Waals surface area contributed by atoms with E-state index in [2.05, 4.69) is 20.3 Å². The summed E-state index contributed by atoms with van der Waals surface area (Å²) < 4.78 is 0. The van der Waals surface area contributed by atoms with E-state index >= 15 is 0 Å². The van der Waals surface area contributed by atoms with Crippen LogP contribution in [0.15, 0.2) is 30.5 Å². The van der Waals surface area contributed by atoms with Crippen LogP contribution in [0.25, 0.3) is 11.0 Å². The highest BCUT2D eigenvalue weighted by atomic mass is 35.5. The molecule has 7 heteroatoms. The number of ketones is 1. The summed E-state index contributed by atoms with van der Waals surface area (Å²) in [4.78, 5) is 36.7. The van der Waals surface area contributed by atoms with Gasteiger partial charge in [-0.05, 0) is 36.1 Å². The number of Topliss-reactive ketones (excluding diaryl/α,β-unsaturated/α-hetero) is 1. The summed E-state index contributed by atoms with van der Waals surface area (Å²) >= 11 is 5.90. The Kier molecular flexibility index (Phi) is 3.80. The molecule has 0 saturated carbocycles. The molecular formula is C19H17ClN4O2. The normalized spacial score (nSPS) is 15.7. The van der Waals surface area contributed by atoms with Crippen molar-refractivity contribution in [2.45, 2.75) is 26.7 Å². The summed E-state index contributed by atoms with van der Waals surface area (Å²) in [6, 6.07) is 7.00. The van der Waals surface area contributed by atoms with Crippen LogP contribution in [0.2, 0.25) is 5.15 Å². The van der Waals surface area contributed by atoms with Crippen molar-refractivity contribution in [3.8, 4) is 0 Å². The average Bonchev–Trinajstić information content (AvgIpc) is 2.97. The van der Waals surface area contributed by atoms with Gasteiger partial charge >= 0.3 is 0 Å². The number of nitrogens with zero attached hydrogens (tertiary/aromatic N) is 2. The van der Waals surface area contributed by atoms with Gasteiger partial charge in [0.1, 0.15) is 11.0 Å². The number of hydrogen-bond donors (Lipinski definition) is 2. The Hall–Kier alpha value is -2.73. The molecule has 1 amide bonds. The van der Waals surface area contributed by atoms with Gasteiger partial charge < -0.3 is 10.3 Å². The molecule has 0 unspecified atom stereocenters. The fourth-order valence-electron chi connectivity index (χ4n) is 3.40. The van der Waals surface area contributed by atoms with Gasteiger partial charge in [0.25, 0.3) is 5.91 Å². The number of nitrogens with one attached hydrogen (secondary N) is 2. The molecule has 0 atom stereocenters. The van der Waals surface area contributed by atoms with Crippen molar-refractivity contribution in [3.05, 3.63) is 52.4 Å². The minimum atomic E-state index is -0.371. The molecule has 4 rings (SSSR count). The molecule has 0 saturated heterocycles. The Morgan fingerprint density at radius 2 is 1.96 bits per heavy atom. The number of pyridine rings is 2. The number of halogens is 1. The van der Waals surface area contributed by atoms with Crippen LogP contribution >= 0.6 is 11.6 Å². The minimum Gasteiger partial charge on any atom is -0.364 e. The van der Waals surface area contributed by atoms with E-state index in [-0.39, 0.29) is 17.1 Å². The number of rotatable bonds is 2. The van der Waals surface area contributed by atoms with Crippen molar-refractivity contribution >= 4 is 40.1 Å². The third-order valence-corrected chi connectivity index (χ3v) is 4.75. The Labute approximate surface area is 155 Å². The highest BCUT2D eigenvalue weighted by Crippen LogP contribution is 2.35. The maximum Gasteiger partial charge on any atom is 0.259 e. The Bertz CT molecular complexity index is 1050. The van der Waals surface area contributed by atoms with Gasteiger partial charge in [0.2, 0.25) is 0 Å². The van der Waals surface area contributed by atoms with Crippen LogP contribution < -0.4 is 5.32 Å². The number of aromatic amines is 1. The lowest BCUT2D eigenvalue weighted by Crippen LogP contribution is -2.28. The first-order valence-electron chi connectivity index (χ1n) is 8.30. The molecule has 3 aromatic rings. The lowest BCUT2D eigenvalue weighted by Gasteiger charge is -2.28. The molecule has 0 aliphatic heterocycles. The first-order valence-corrected chi connectivity index (χ1v) is 8.68. The van der Waals surface area contributed by atoms with Gasteiger partial charge in [-0.15, -0.1) is 0 Å². The molecular weight excluding hydrogens is 352 g/mol. The predicted molar refractivity (Wildman–Crippen MR) is 99.7 cm³/mol. The van der Waals surface area contributed by atoms with E-state index in [1.54, 1.807) is 18.3 Å². The quantitative estimate of drug-likeness (QED) is 0.669. The molecule has 3 aromatic heterocycles. The third-order valence-electron chi connectivity index (χ3n) is 4.54. The molecule has 1 aliphatic carbocycles. The lowest BCUT2D eigenvalue weighted by atomic mass is 9.75. The number of fused-ring (bicyclic) bond motifs is 2. The smallest absolute Gasteiger partial charge is 0.259 e. The van der Waals surface area contributed by atoms with Crippen LogP contribution in [0.3, 0.4) is 0 Å². The number of amides is 1. The zero-order chi connectivity index (χ0) is 18.5. The Morgan fingerprint density at radius 3 is 2.77 bits per heavy atom. The molecule has 1 aliphatic rings. The second-order valence-corrected chi connectivity index (χ2v) is 7.72. The predicted octanol–water partition coefficient (Wildman–Crippen LogP) is 4.02. The topological polar surface area (TPSA) is 87.7 Å². The monoisotopic (exact) mass is 368 g/mol. The molecule has 3 heterocycles. The Morgan fingerprint density at radius 1 is 1.19 bits per heavy atom. The van der Waals surface area contributed by atoms with Crippen LogP contribution in [0.4, 0.5) is 5.82 Å². The van der Waals surface area contributed by atoms with Gasteiger partial charge in [-0.1, -0.05) is 25.4 Å². The number of carbonyl (C=O) groups excluding carboxylic acids is 2. The maximum atomic E-state index is 12.7. The number of H-pyrrole nitrogens is 1. The summed E-state index contributed by atoms with van der Waals surface area (Å²) in [5.74, 6) is -0.0252.